The molecule has 2 rings (SSSR count). The molecule has 0 spiro atoms. The first-order valence-corrected chi connectivity index (χ1v) is 9.81. The van der Waals surface area contributed by atoms with Gasteiger partial charge >= 0.3 is 0 Å². The lowest BCUT2D eigenvalue weighted by molar-refractivity contribution is -0.115. The molecule has 5 nitrogen and oxygen atoms in total. The molecule has 0 saturated heterocycles. The van der Waals surface area contributed by atoms with Crippen molar-refractivity contribution in [2.24, 2.45) is 0 Å². The first-order valence-electron chi connectivity index (χ1n) is 7.34. The fourth-order valence-corrected chi connectivity index (χ4v) is 4.00. The quantitative estimate of drug-likeness (QED) is 0.795. The summed E-state index contributed by atoms with van der Waals surface area (Å²) in [5.41, 5.74) is 0.796. The van der Waals surface area contributed by atoms with Gasteiger partial charge in [0.15, 0.2) is 9.84 Å². The number of sulfone groups is 1. The summed E-state index contributed by atoms with van der Waals surface area (Å²) in [6.07, 6.45) is 0. The van der Waals surface area contributed by atoms with E-state index >= 15 is 0 Å². The molecule has 0 aliphatic carbocycles. The molecule has 0 aliphatic rings. The Morgan fingerprint density at radius 2 is 1.88 bits per heavy atom. The Labute approximate surface area is 156 Å². The molecule has 134 valence electrons. The van der Waals surface area contributed by atoms with Crippen LogP contribution in [0.4, 0.5) is 5.69 Å². The van der Waals surface area contributed by atoms with Crippen molar-refractivity contribution in [2.75, 3.05) is 12.4 Å². The van der Waals surface area contributed by atoms with Gasteiger partial charge in [-0.3, -0.25) is 4.79 Å². The Kier molecular flexibility index (Phi) is 6.32. The molecule has 1 amide bonds. The van der Waals surface area contributed by atoms with Gasteiger partial charge in [-0.15, -0.1) is 0 Å². The van der Waals surface area contributed by atoms with Crippen molar-refractivity contribution < 1.29 is 17.9 Å². The number of carbonyl (C=O) groups is 1. The van der Waals surface area contributed by atoms with E-state index in [-0.39, 0.29) is 10.8 Å². The lowest BCUT2D eigenvalue weighted by Crippen LogP contribution is -2.33. The molecule has 25 heavy (non-hydrogen) atoms. The Morgan fingerprint density at radius 3 is 2.52 bits per heavy atom. The highest BCUT2D eigenvalue weighted by Gasteiger charge is 2.29. The van der Waals surface area contributed by atoms with Crippen LogP contribution in [0.2, 0.25) is 10.0 Å². The second kappa shape index (κ2) is 8.08. The van der Waals surface area contributed by atoms with Crippen LogP contribution in [-0.2, 0) is 20.4 Å². The number of ether oxygens (including phenoxy) is 1. The predicted molar refractivity (Wildman–Crippen MR) is 100 cm³/mol. The molecular formula is C17H17Cl2NO4S. The van der Waals surface area contributed by atoms with E-state index in [0.717, 1.165) is 0 Å². The summed E-state index contributed by atoms with van der Waals surface area (Å²) in [4.78, 5) is 12.4. The van der Waals surface area contributed by atoms with Crippen molar-refractivity contribution in [1.29, 1.82) is 0 Å². The largest absolute Gasteiger partial charge is 0.495 e. The van der Waals surface area contributed by atoms with Crippen molar-refractivity contribution in [3.8, 4) is 5.75 Å². The molecule has 0 heterocycles. The van der Waals surface area contributed by atoms with Crippen LogP contribution in [0, 0.1) is 0 Å². The maximum atomic E-state index is 12.5. The summed E-state index contributed by atoms with van der Waals surface area (Å²) in [6, 6.07) is 11.3. The first-order chi connectivity index (χ1) is 11.7. The molecular weight excluding hydrogens is 385 g/mol. The fourth-order valence-electron chi connectivity index (χ4n) is 2.13. The Morgan fingerprint density at radius 1 is 1.20 bits per heavy atom. The number of para-hydroxylation sites is 2. The van der Waals surface area contributed by atoms with Gasteiger partial charge in [0.1, 0.15) is 11.0 Å². The number of carbonyl (C=O) groups excluding carboxylic acids is 1. The zero-order chi connectivity index (χ0) is 18.6. The molecule has 2 aromatic rings. The minimum absolute atomic E-state index is 0.244. The van der Waals surface area contributed by atoms with Crippen molar-refractivity contribution in [3.63, 3.8) is 0 Å². The molecule has 0 aromatic heterocycles. The Bertz CT molecular complexity index is 884. The number of amides is 1. The first kappa shape index (κ1) is 19.6. The maximum Gasteiger partial charge on any atom is 0.242 e. The van der Waals surface area contributed by atoms with Crippen LogP contribution in [0.5, 0.6) is 5.75 Å². The number of hydrogen-bond acceptors (Lipinski definition) is 4. The van der Waals surface area contributed by atoms with E-state index in [1.807, 2.05) is 0 Å². The van der Waals surface area contributed by atoms with Gasteiger partial charge in [-0.2, -0.15) is 0 Å². The monoisotopic (exact) mass is 401 g/mol. The average molecular weight is 402 g/mol. The molecule has 2 aromatic carbocycles. The van der Waals surface area contributed by atoms with Gasteiger partial charge in [0.05, 0.1) is 18.6 Å². The number of halogens is 2. The molecule has 0 radical (unpaired) electrons. The van der Waals surface area contributed by atoms with Crippen LogP contribution >= 0.6 is 23.2 Å². The van der Waals surface area contributed by atoms with E-state index in [1.165, 1.54) is 26.2 Å². The van der Waals surface area contributed by atoms with Crippen molar-refractivity contribution in [3.05, 3.63) is 58.1 Å². The van der Waals surface area contributed by atoms with Gasteiger partial charge in [-0.1, -0.05) is 41.4 Å². The van der Waals surface area contributed by atoms with Gasteiger partial charge in [0, 0.05) is 10.0 Å². The number of anilines is 1. The van der Waals surface area contributed by atoms with Crippen LogP contribution in [0.3, 0.4) is 0 Å². The Balaban J connectivity index is 2.17. The molecule has 0 saturated carbocycles. The van der Waals surface area contributed by atoms with E-state index in [4.69, 9.17) is 27.9 Å². The zero-order valence-electron chi connectivity index (χ0n) is 13.6. The molecule has 0 fully saturated rings. The second-order valence-corrected chi connectivity index (χ2v) is 8.54. The van der Waals surface area contributed by atoms with Crippen LogP contribution in [0.1, 0.15) is 12.5 Å². The highest BCUT2D eigenvalue weighted by Crippen LogP contribution is 2.26. The summed E-state index contributed by atoms with van der Waals surface area (Å²) in [5, 5.41) is 1.97. The van der Waals surface area contributed by atoms with Crippen molar-refractivity contribution in [1.82, 2.24) is 0 Å². The highest BCUT2D eigenvalue weighted by molar-refractivity contribution is 7.92. The minimum Gasteiger partial charge on any atom is -0.495 e. The molecule has 8 heteroatoms. The van der Waals surface area contributed by atoms with Gasteiger partial charge in [0.2, 0.25) is 5.91 Å². The summed E-state index contributed by atoms with van der Waals surface area (Å²) in [5.74, 6) is -0.556. The van der Waals surface area contributed by atoms with E-state index in [0.29, 0.717) is 22.0 Å². The SMILES string of the molecule is COc1ccccc1NC(=O)[C@H](C)S(=O)(=O)Cc1ccc(Cl)cc1Cl. The lowest BCUT2D eigenvalue weighted by atomic mass is 10.2. The highest BCUT2D eigenvalue weighted by atomic mass is 35.5. The van der Waals surface area contributed by atoms with Crippen LogP contribution < -0.4 is 10.1 Å². The third-order valence-electron chi connectivity index (χ3n) is 3.64. The predicted octanol–water partition coefficient (Wildman–Crippen LogP) is 3.94. The smallest absolute Gasteiger partial charge is 0.242 e. The van der Waals surface area contributed by atoms with Crippen LogP contribution in [-0.4, -0.2) is 26.7 Å². The summed E-state index contributed by atoms with van der Waals surface area (Å²) in [6.45, 7) is 1.34. The topological polar surface area (TPSA) is 72.5 Å². The lowest BCUT2D eigenvalue weighted by Gasteiger charge is -2.15. The summed E-state index contributed by atoms with van der Waals surface area (Å²) in [7, 11) is -2.30. The van der Waals surface area contributed by atoms with Gasteiger partial charge in [0.25, 0.3) is 0 Å². The van der Waals surface area contributed by atoms with Crippen LogP contribution in [0.25, 0.3) is 0 Å². The average Bonchev–Trinajstić information content (AvgIpc) is 2.57. The van der Waals surface area contributed by atoms with Crippen LogP contribution in [0.15, 0.2) is 42.5 Å². The molecule has 0 unspecified atom stereocenters. The normalized spacial score (nSPS) is 12.5. The Hall–Kier alpha value is -1.76. The van der Waals surface area contributed by atoms with Gasteiger partial charge in [-0.25, -0.2) is 8.42 Å². The fraction of sp³-hybridized carbons (Fsp3) is 0.235. The molecule has 0 aliphatic heterocycles. The van der Waals surface area contributed by atoms with E-state index in [1.54, 1.807) is 30.3 Å². The van der Waals surface area contributed by atoms with Crippen molar-refractivity contribution >= 4 is 44.6 Å². The van der Waals surface area contributed by atoms with E-state index in [2.05, 4.69) is 5.32 Å². The minimum atomic E-state index is -3.77. The molecule has 1 N–H and O–H groups in total. The van der Waals surface area contributed by atoms with Gasteiger partial charge in [-0.05, 0) is 36.8 Å². The van der Waals surface area contributed by atoms with E-state index < -0.39 is 21.0 Å². The summed E-state index contributed by atoms with van der Waals surface area (Å²) < 4.78 is 30.2. The number of methoxy groups -OCH3 is 1. The second-order valence-electron chi connectivity index (χ2n) is 5.37. The third kappa shape index (κ3) is 4.87. The number of nitrogens with one attached hydrogen (secondary N) is 1. The maximum absolute atomic E-state index is 12.5. The summed E-state index contributed by atoms with van der Waals surface area (Å²) >= 11 is 11.8. The van der Waals surface area contributed by atoms with Crippen molar-refractivity contribution in [2.45, 2.75) is 17.9 Å². The third-order valence-corrected chi connectivity index (χ3v) is 6.24. The molecule has 1 atom stereocenters. The van der Waals surface area contributed by atoms with E-state index in [9.17, 15) is 13.2 Å². The number of hydrogen-bond donors (Lipinski definition) is 1. The molecule has 0 bridgehead atoms. The standard InChI is InChI=1S/C17H17Cl2NO4S/c1-11(17(21)20-15-5-3-4-6-16(15)24-2)25(22,23)10-12-7-8-13(18)9-14(12)19/h3-9,11H,10H2,1-2H3,(H,20,21)/t11-/m0/s1. The zero-order valence-corrected chi connectivity index (χ0v) is 16.0. The number of benzene rings is 2. The number of rotatable bonds is 6. The van der Waals surface area contributed by atoms with Gasteiger partial charge < -0.3 is 10.1 Å².